The largest absolute Gasteiger partial charge is 0.455 e. The van der Waals surface area contributed by atoms with E-state index in [1.807, 2.05) is 19.1 Å². The van der Waals surface area contributed by atoms with E-state index in [4.69, 9.17) is 4.42 Å². The number of aryl methyl sites for hydroxylation is 2. The summed E-state index contributed by atoms with van der Waals surface area (Å²) in [6.07, 6.45) is -0.392. The highest BCUT2D eigenvalue weighted by atomic mass is 19.4. The van der Waals surface area contributed by atoms with E-state index in [0.717, 1.165) is 12.0 Å². The normalized spacial score (nSPS) is 13.4. The molecule has 2 aromatic heterocycles. The van der Waals surface area contributed by atoms with E-state index in [2.05, 4.69) is 15.3 Å². The maximum atomic E-state index is 13.4. The lowest BCUT2D eigenvalue weighted by atomic mass is 10.1. The monoisotopic (exact) mass is 387 g/mol. The number of nitrogens with one attached hydrogen (secondary N) is 1. The maximum absolute atomic E-state index is 13.4. The summed E-state index contributed by atoms with van der Waals surface area (Å²) in [4.78, 5) is 20.5. The van der Waals surface area contributed by atoms with E-state index in [1.54, 1.807) is 12.1 Å². The number of alkyl halides is 3. The second-order valence-corrected chi connectivity index (χ2v) is 6.62. The molecule has 3 aromatic rings. The van der Waals surface area contributed by atoms with Gasteiger partial charge in [0, 0.05) is 17.5 Å². The van der Waals surface area contributed by atoms with Crippen molar-refractivity contribution < 1.29 is 22.4 Å². The van der Waals surface area contributed by atoms with Crippen molar-refractivity contribution in [3.63, 3.8) is 0 Å². The van der Waals surface area contributed by atoms with Gasteiger partial charge in [0.1, 0.15) is 5.76 Å². The molecule has 144 valence electrons. The molecule has 0 bridgehead atoms. The van der Waals surface area contributed by atoms with Crippen molar-refractivity contribution >= 4 is 11.7 Å². The summed E-state index contributed by atoms with van der Waals surface area (Å²) in [7, 11) is 0. The van der Waals surface area contributed by atoms with Crippen LogP contribution in [0.15, 0.2) is 41.1 Å². The molecular formula is C20H16F3N3O2. The van der Waals surface area contributed by atoms with Crippen LogP contribution in [0.3, 0.4) is 0 Å². The standard InChI is InChI=1S/C20H16F3N3O2/c1-11-5-2-3-6-12(11)19(27)26-16-10-24-14(9-25-16)17-13-7-4-8-15(13)28-18(17)20(21,22)23/h2-3,5-6,9-10H,4,7-8H2,1H3,(H,25,26,27). The van der Waals surface area contributed by atoms with Gasteiger partial charge in [-0.05, 0) is 31.4 Å². The van der Waals surface area contributed by atoms with Gasteiger partial charge in [-0.1, -0.05) is 18.2 Å². The topological polar surface area (TPSA) is 68.0 Å². The van der Waals surface area contributed by atoms with Gasteiger partial charge < -0.3 is 9.73 Å². The molecule has 0 spiro atoms. The first-order valence-corrected chi connectivity index (χ1v) is 8.75. The van der Waals surface area contributed by atoms with Gasteiger partial charge in [-0.15, -0.1) is 0 Å². The van der Waals surface area contributed by atoms with Gasteiger partial charge in [0.25, 0.3) is 5.91 Å². The van der Waals surface area contributed by atoms with Crippen molar-refractivity contribution in [2.24, 2.45) is 0 Å². The highest BCUT2D eigenvalue weighted by Crippen LogP contribution is 2.44. The Morgan fingerprint density at radius 2 is 1.93 bits per heavy atom. The Morgan fingerprint density at radius 1 is 1.14 bits per heavy atom. The minimum Gasteiger partial charge on any atom is -0.455 e. The van der Waals surface area contributed by atoms with Gasteiger partial charge >= 0.3 is 6.18 Å². The third-order valence-electron chi connectivity index (χ3n) is 4.72. The molecule has 5 nitrogen and oxygen atoms in total. The second-order valence-electron chi connectivity index (χ2n) is 6.62. The molecule has 0 atom stereocenters. The fraction of sp³-hybridized carbons (Fsp3) is 0.250. The number of aromatic nitrogens is 2. The molecule has 0 aliphatic heterocycles. The zero-order valence-corrected chi connectivity index (χ0v) is 14.9. The summed E-state index contributed by atoms with van der Waals surface area (Å²) in [5.74, 6) is -0.879. The first kappa shape index (κ1) is 18.2. The van der Waals surface area contributed by atoms with Crippen LogP contribution in [0.5, 0.6) is 0 Å². The van der Waals surface area contributed by atoms with Gasteiger partial charge in [-0.25, -0.2) is 4.98 Å². The van der Waals surface area contributed by atoms with E-state index >= 15 is 0 Å². The van der Waals surface area contributed by atoms with E-state index in [-0.39, 0.29) is 23.0 Å². The smallest absolute Gasteiger partial charge is 0.450 e. The Morgan fingerprint density at radius 3 is 2.61 bits per heavy atom. The summed E-state index contributed by atoms with van der Waals surface area (Å²) >= 11 is 0. The fourth-order valence-corrected chi connectivity index (χ4v) is 3.41. The summed E-state index contributed by atoms with van der Waals surface area (Å²) in [5.41, 5.74) is 1.85. The molecule has 1 aromatic carbocycles. The zero-order valence-electron chi connectivity index (χ0n) is 14.9. The van der Waals surface area contributed by atoms with Gasteiger partial charge in [-0.3, -0.25) is 9.78 Å². The van der Waals surface area contributed by atoms with Crippen molar-refractivity contribution in [2.75, 3.05) is 5.32 Å². The first-order valence-electron chi connectivity index (χ1n) is 8.75. The number of halogens is 3. The van der Waals surface area contributed by atoms with Crippen molar-refractivity contribution in [3.05, 3.63) is 64.9 Å². The van der Waals surface area contributed by atoms with Crippen molar-refractivity contribution in [1.29, 1.82) is 0 Å². The molecule has 1 amide bonds. The SMILES string of the molecule is Cc1ccccc1C(=O)Nc1cnc(-c2c(C(F)(F)F)oc3c2CCC3)cn1. The molecule has 1 N–H and O–H groups in total. The Hall–Kier alpha value is -3.16. The number of rotatable bonds is 3. The number of fused-ring (bicyclic) bond motifs is 1. The van der Waals surface area contributed by atoms with E-state index < -0.39 is 11.9 Å². The Bertz CT molecular complexity index is 1040. The molecule has 0 saturated carbocycles. The molecule has 2 heterocycles. The second kappa shape index (κ2) is 6.78. The van der Waals surface area contributed by atoms with Crippen LogP contribution < -0.4 is 5.32 Å². The quantitative estimate of drug-likeness (QED) is 0.701. The Balaban J connectivity index is 1.63. The van der Waals surface area contributed by atoms with Gasteiger partial charge in [0.15, 0.2) is 5.82 Å². The summed E-state index contributed by atoms with van der Waals surface area (Å²) in [6, 6.07) is 7.05. The number of carbonyl (C=O) groups excluding carboxylic acids is 1. The van der Waals surface area contributed by atoms with Crippen molar-refractivity contribution in [3.8, 4) is 11.3 Å². The third kappa shape index (κ3) is 3.26. The number of hydrogen-bond donors (Lipinski definition) is 1. The molecular weight excluding hydrogens is 371 g/mol. The van der Waals surface area contributed by atoms with Crippen molar-refractivity contribution in [2.45, 2.75) is 32.4 Å². The van der Waals surface area contributed by atoms with Gasteiger partial charge in [-0.2, -0.15) is 13.2 Å². The molecule has 0 radical (unpaired) electrons. The highest BCUT2D eigenvalue weighted by molar-refractivity contribution is 6.04. The lowest BCUT2D eigenvalue weighted by Gasteiger charge is -2.09. The lowest BCUT2D eigenvalue weighted by Crippen LogP contribution is -2.14. The molecule has 0 fully saturated rings. The van der Waals surface area contributed by atoms with E-state index in [1.165, 1.54) is 12.4 Å². The molecule has 8 heteroatoms. The van der Waals surface area contributed by atoms with Crippen LogP contribution in [0.25, 0.3) is 11.3 Å². The lowest BCUT2D eigenvalue weighted by molar-refractivity contribution is -0.152. The number of benzene rings is 1. The maximum Gasteiger partial charge on any atom is 0.450 e. The highest BCUT2D eigenvalue weighted by Gasteiger charge is 2.42. The number of carbonyl (C=O) groups is 1. The van der Waals surface area contributed by atoms with Crippen LogP contribution in [-0.2, 0) is 19.0 Å². The van der Waals surface area contributed by atoms with E-state index in [0.29, 0.717) is 29.7 Å². The van der Waals surface area contributed by atoms with Crippen LogP contribution in [0.4, 0.5) is 19.0 Å². The minimum absolute atomic E-state index is 0.0516. The van der Waals surface area contributed by atoms with Crippen LogP contribution >= 0.6 is 0 Å². The van der Waals surface area contributed by atoms with E-state index in [9.17, 15) is 18.0 Å². The molecule has 1 aliphatic carbocycles. The first-order chi connectivity index (χ1) is 13.3. The molecule has 0 unspecified atom stereocenters. The third-order valence-corrected chi connectivity index (χ3v) is 4.72. The average Bonchev–Trinajstić information content (AvgIpc) is 3.23. The Kier molecular flexibility index (Phi) is 4.41. The number of nitrogens with zero attached hydrogens (tertiary/aromatic N) is 2. The van der Waals surface area contributed by atoms with Crippen LogP contribution in [0, 0.1) is 6.92 Å². The number of hydrogen-bond acceptors (Lipinski definition) is 4. The molecule has 1 aliphatic rings. The minimum atomic E-state index is -4.61. The predicted octanol–water partition coefficient (Wildman–Crippen LogP) is 4.80. The van der Waals surface area contributed by atoms with Crippen LogP contribution in [0.1, 0.15) is 39.4 Å². The molecule has 28 heavy (non-hydrogen) atoms. The Labute approximate surface area is 158 Å². The number of amides is 1. The van der Waals surface area contributed by atoms with Gasteiger partial charge in [0.05, 0.1) is 23.7 Å². The molecule has 4 rings (SSSR count). The zero-order chi connectivity index (χ0) is 19.9. The van der Waals surface area contributed by atoms with Crippen LogP contribution in [-0.4, -0.2) is 15.9 Å². The predicted molar refractivity (Wildman–Crippen MR) is 95.9 cm³/mol. The molecule has 0 saturated heterocycles. The summed E-state index contributed by atoms with van der Waals surface area (Å²) < 4.78 is 45.2. The van der Waals surface area contributed by atoms with Crippen LogP contribution in [0.2, 0.25) is 0 Å². The van der Waals surface area contributed by atoms with Crippen molar-refractivity contribution in [1.82, 2.24) is 9.97 Å². The number of anilines is 1. The van der Waals surface area contributed by atoms with Gasteiger partial charge in [0.2, 0.25) is 5.76 Å². The average molecular weight is 387 g/mol. The summed E-state index contributed by atoms with van der Waals surface area (Å²) in [5, 5.41) is 2.61. The fourth-order valence-electron chi connectivity index (χ4n) is 3.41. The summed E-state index contributed by atoms with van der Waals surface area (Å²) in [6.45, 7) is 1.81. The number of furan rings is 1.